The van der Waals surface area contributed by atoms with Crippen LogP contribution in [-0.4, -0.2) is 48.3 Å². The first-order valence-electron chi connectivity index (χ1n) is 6.79. The molecule has 0 aliphatic heterocycles. The lowest BCUT2D eigenvalue weighted by Crippen LogP contribution is -2.31. The van der Waals surface area contributed by atoms with Crippen LogP contribution in [0.1, 0.15) is 44.8 Å². The van der Waals surface area contributed by atoms with Crippen molar-refractivity contribution in [2.24, 2.45) is 0 Å². The normalized spacial score (nSPS) is 15.0. The molecule has 104 valence electrons. The van der Waals surface area contributed by atoms with Gasteiger partial charge in [-0.15, -0.1) is 0 Å². The highest BCUT2D eigenvalue weighted by Gasteiger charge is 2.22. The highest BCUT2D eigenvalue weighted by Crippen LogP contribution is 2.21. The Balaban J connectivity index is 2.64. The fourth-order valence-corrected chi connectivity index (χ4v) is 2.05. The van der Waals surface area contributed by atoms with Gasteiger partial charge in [0.2, 0.25) is 5.89 Å². The molecule has 0 spiro atoms. The Morgan fingerprint density at radius 2 is 2.06 bits per heavy atom. The summed E-state index contributed by atoms with van der Waals surface area (Å²) in [5.74, 6) is 1.87. The minimum atomic E-state index is 0.297. The van der Waals surface area contributed by atoms with Crippen molar-refractivity contribution < 1.29 is 4.52 Å². The molecule has 0 fully saturated rings. The maximum Gasteiger partial charge on any atom is 0.231 e. The Hall–Kier alpha value is -0.940. The van der Waals surface area contributed by atoms with Crippen molar-refractivity contribution in [2.45, 2.75) is 45.6 Å². The Morgan fingerprint density at radius 1 is 1.33 bits per heavy atom. The third-order valence-electron chi connectivity index (χ3n) is 3.15. The maximum absolute atomic E-state index is 5.40. The van der Waals surface area contributed by atoms with Gasteiger partial charge in [-0.05, 0) is 34.0 Å². The molecule has 0 aromatic carbocycles. The van der Waals surface area contributed by atoms with Gasteiger partial charge in [-0.3, -0.25) is 0 Å². The van der Waals surface area contributed by atoms with Gasteiger partial charge in [0.05, 0.1) is 5.92 Å². The zero-order valence-electron chi connectivity index (χ0n) is 12.2. The van der Waals surface area contributed by atoms with Crippen LogP contribution in [-0.2, 0) is 6.42 Å². The molecule has 1 aromatic rings. The van der Waals surface area contributed by atoms with Gasteiger partial charge in [-0.2, -0.15) is 4.98 Å². The topological polar surface area (TPSA) is 54.2 Å². The molecule has 0 saturated heterocycles. The molecule has 0 amide bonds. The molecular formula is C13H26N4O. The van der Waals surface area contributed by atoms with Crippen LogP contribution in [0, 0.1) is 0 Å². The average Bonchev–Trinajstić information content (AvgIpc) is 2.76. The SMILES string of the molecule is CCNC(C)C(CC)c1nc(CCN(C)C)no1. The molecule has 1 N–H and O–H groups in total. The van der Waals surface area contributed by atoms with E-state index in [1.54, 1.807) is 0 Å². The minimum Gasteiger partial charge on any atom is -0.339 e. The number of aromatic nitrogens is 2. The van der Waals surface area contributed by atoms with Gasteiger partial charge in [0.25, 0.3) is 0 Å². The fourth-order valence-electron chi connectivity index (χ4n) is 2.05. The van der Waals surface area contributed by atoms with Crippen molar-refractivity contribution in [3.8, 4) is 0 Å². The van der Waals surface area contributed by atoms with Crippen molar-refractivity contribution >= 4 is 0 Å². The van der Waals surface area contributed by atoms with Crippen LogP contribution < -0.4 is 5.32 Å². The number of nitrogens with one attached hydrogen (secondary N) is 1. The standard InChI is InChI=1S/C13H26N4O/c1-6-11(10(3)14-7-2)13-15-12(16-18-13)8-9-17(4)5/h10-11,14H,6-9H2,1-5H3. The zero-order chi connectivity index (χ0) is 13.5. The first-order chi connectivity index (χ1) is 8.58. The first kappa shape index (κ1) is 15.1. The highest BCUT2D eigenvalue weighted by molar-refractivity contribution is 4.98. The second-order valence-electron chi connectivity index (χ2n) is 4.96. The Kier molecular flexibility index (Phi) is 6.29. The van der Waals surface area contributed by atoms with Crippen LogP contribution in [0.2, 0.25) is 0 Å². The number of nitrogens with zero attached hydrogens (tertiary/aromatic N) is 3. The smallest absolute Gasteiger partial charge is 0.231 e. The lowest BCUT2D eigenvalue weighted by molar-refractivity contribution is 0.314. The van der Waals surface area contributed by atoms with Gasteiger partial charge >= 0.3 is 0 Å². The van der Waals surface area contributed by atoms with Gasteiger partial charge in [-0.25, -0.2) is 0 Å². The van der Waals surface area contributed by atoms with Crippen molar-refractivity contribution in [3.63, 3.8) is 0 Å². The summed E-state index contributed by atoms with van der Waals surface area (Å²) in [7, 11) is 4.09. The van der Waals surface area contributed by atoms with Gasteiger partial charge in [0, 0.05) is 19.0 Å². The van der Waals surface area contributed by atoms with E-state index in [1.807, 2.05) is 14.1 Å². The molecule has 0 radical (unpaired) electrons. The lowest BCUT2D eigenvalue weighted by atomic mass is 9.98. The van der Waals surface area contributed by atoms with Crippen molar-refractivity contribution in [2.75, 3.05) is 27.2 Å². The van der Waals surface area contributed by atoms with Gasteiger partial charge < -0.3 is 14.7 Å². The largest absolute Gasteiger partial charge is 0.339 e. The van der Waals surface area contributed by atoms with Crippen LogP contribution in [0.3, 0.4) is 0 Å². The number of hydrogen-bond donors (Lipinski definition) is 1. The summed E-state index contributed by atoms with van der Waals surface area (Å²) in [4.78, 5) is 6.63. The Labute approximate surface area is 110 Å². The average molecular weight is 254 g/mol. The van der Waals surface area contributed by atoms with Gasteiger partial charge in [-0.1, -0.05) is 19.0 Å². The number of rotatable bonds is 8. The fraction of sp³-hybridized carbons (Fsp3) is 0.846. The summed E-state index contributed by atoms with van der Waals surface area (Å²) in [5.41, 5.74) is 0. The van der Waals surface area contributed by atoms with Crippen LogP contribution in [0.5, 0.6) is 0 Å². The second-order valence-corrected chi connectivity index (χ2v) is 4.96. The van der Waals surface area contributed by atoms with E-state index in [4.69, 9.17) is 4.52 Å². The summed E-state index contributed by atoms with van der Waals surface area (Å²) < 4.78 is 5.40. The number of hydrogen-bond acceptors (Lipinski definition) is 5. The predicted octanol–water partition coefficient (Wildman–Crippen LogP) is 1.67. The maximum atomic E-state index is 5.40. The molecule has 1 aromatic heterocycles. The molecule has 0 aliphatic rings. The van der Waals surface area contributed by atoms with E-state index in [1.165, 1.54) is 0 Å². The summed E-state index contributed by atoms with van der Waals surface area (Å²) in [6.45, 7) is 8.33. The highest BCUT2D eigenvalue weighted by atomic mass is 16.5. The first-order valence-corrected chi connectivity index (χ1v) is 6.79. The second kappa shape index (κ2) is 7.48. The molecule has 5 nitrogen and oxygen atoms in total. The van der Waals surface area contributed by atoms with Crippen molar-refractivity contribution in [3.05, 3.63) is 11.7 Å². The quantitative estimate of drug-likeness (QED) is 0.764. The number of likely N-dealkylation sites (N-methyl/N-ethyl adjacent to an activating group) is 2. The molecule has 0 bridgehead atoms. The minimum absolute atomic E-state index is 0.297. The molecule has 5 heteroatoms. The van der Waals surface area contributed by atoms with E-state index in [0.717, 1.165) is 37.6 Å². The predicted molar refractivity (Wildman–Crippen MR) is 72.7 cm³/mol. The van der Waals surface area contributed by atoms with E-state index in [0.29, 0.717) is 12.0 Å². The molecule has 2 atom stereocenters. The summed E-state index contributed by atoms with van der Waals surface area (Å²) in [6.07, 6.45) is 1.84. The zero-order valence-corrected chi connectivity index (χ0v) is 12.2. The van der Waals surface area contributed by atoms with Crippen LogP contribution in [0.4, 0.5) is 0 Å². The molecular weight excluding hydrogens is 228 g/mol. The monoisotopic (exact) mass is 254 g/mol. The summed E-state index contributed by atoms with van der Waals surface area (Å²) in [6, 6.07) is 0.363. The third kappa shape index (κ3) is 4.38. The Bertz CT molecular complexity index is 337. The van der Waals surface area contributed by atoms with E-state index in [9.17, 15) is 0 Å². The van der Waals surface area contributed by atoms with E-state index >= 15 is 0 Å². The van der Waals surface area contributed by atoms with Gasteiger partial charge in [0.1, 0.15) is 0 Å². The summed E-state index contributed by atoms with van der Waals surface area (Å²) >= 11 is 0. The van der Waals surface area contributed by atoms with E-state index in [2.05, 4.69) is 41.1 Å². The molecule has 0 saturated carbocycles. The van der Waals surface area contributed by atoms with Crippen molar-refractivity contribution in [1.29, 1.82) is 0 Å². The van der Waals surface area contributed by atoms with E-state index < -0.39 is 0 Å². The third-order valence-corrected chi connectivity index (χ3v) is 3.15. The molecule has 18 heavy (non-hydrogen) atoms. The molecule has 2 unspecified atom stereocenters. The van der Waals surface area contributed by atoms with E-state index in [-0.39, 0.29) is 0 Å². The lowest BCUT2D eigenvalue weighted by Gasteiger charge is -2.19. The van der Waals surface area contributed by atoms with Gasteiger partial charge in [0.15, 0.2) is 5.82 Å². The Morgan fingerprint density at radius 3 is 2.61 bits per heavy atom. The van der Waals surface area contributed by atoms with Crippen LogP contribution >= 0.6 is 0 Å². The van der Waals surface area contributed by atoms with Crippen molar-refractivity contribution in [1.82, 2.24) is 20.4 Å². The summed E-state index contributed by atoms with van der Waals surface area (Å²) in [5, 5.41) is 7.48. The van der Waals surface area contributed by atoms with Crippen LogP contribution in [0.15, 0.2) is 4.52 Å². The molecule has 1 heterocycles. The van der Waals surface area contributed by atoms with Crippen LogP contribution in [0.25, 0.3) is 0 Å². The molecule has 0 aliphatic carbocycles. The molecule has 1 rings (SSSR count).